The van der Waals surface area contributed by atoms with Gasteiger partial charge in [-0.2, -0.15) is 0 Å². The molecule has 0 spiro atoms. The molecule has 19 heavy (non-hydrogen) atoms. The van der Waals surface area contributed by atoms with Crippen LogP contribution in [0.2, 0.25) is 0 Å². The summed E-state index contributed by atoms with van der Waals surface area (Å²) in [5.41, 5.74) is 1.91. The van der Waals surface area contributed by atoms with E-state index in [4.69, 9.17) is 0 Å². The van der Waals surface area contributed by atoms with Crippen molar-refractivity contribution in [3.63, 3.8) is 0 Å². The molecule has 2 bridgehead atoms. The Morgan fingerprint density at radius 1 is 1.05 bits per heavy atom. The molecule has 5 aliphatic carbocycles. The maximum absolute atomic E-state index is 12.2. The molecule has 2 heteroatoms. The topological polar surface area (TPSA) is 34.1 Å². The van der Waals surface area contributed by atoms with Crippen LogP contribution >= 0.6 is 0 Å². The molecule has 2 nitrogen and oxygen atoms in total. The first-order chi connectivity index (χ1) is 9.00. The molecule has 0 N–H and O–H groups in total. The average molecular weight is 256 g/mol. The lowest BCUT2D eigenvalue weighted by Gasteiger charge is -2.62. The maximum Gasteiger partial charge on any atom is 0.160 e. The molecular formula is C17H20O2. The van der Waals surface area contributed by atoms with Gasteiger partial charge in [-0.3, -0.25) is 9.59 Å². The van der Waals surface area contributed by atoms with Crippen molar-refractivity contribution in [2.24, 2.45) is 35.0 Å². The summed E-state index contributed by atoms with van der Waals surface area (Å²) in [5, 5.41) is 0. The molecule has 3 saturated carbocycles. The van der Waals surface area contributed by atoms with Crippen molar-refractivity contribution in [3.8, 4) is 0 Å². The number of hydrogen-bond donors (Lipinski definition) is 0. The Kier molecular flexibility index (Phi) is 2.13. The smallest absolute Gasteiger partial charge is 0.160 e. The second kappa shape index (κ2) is 3.47. The Labute approximate surface area is 113 Å². The van der Waals surface area contributed by atoms with E-state index in [-0.39, 0.29) is 23.4 Å². The van der Waals surface area contributed by atoms with Crippen molar-refractivity contribution in [1.29, 1.82) is 0 Å². The molecule has 5 atom stereocenters. The van der Waals surface area contributed by atoms with Gasteiger partial charge in [0.2, 0.25) is 0 Å². The second-order valence-corrected chi connectivity index (χ2v) is 7.36. The fourth-order valence-electron chi connectivity index (χ4n) is 5.11. The van der Waals surface area contributed by atoms with Crippen molar-refractivity contribution >= 4 is 11.6 Å². The Bertz CT molecular complexity index is 537. The Morgan fingerprint density at radius 3 is 2.53 bits per heavy atom. The highest BCUT2D eigenvalue weighted by Crippen LogP contribution is 2.65. The van der Waals surface area contributed by atoms with E-state index in [1.165, 1.54) is 24.1 Å². The Hall–Kier alpha value is -1.18. The standard InChI is InChI=1S/C17H20O2/c1-17(2)9-7-12-10(13(17)8-9)3-4-11-14(18)5-6-15(19)16(11)12/h3,5-6,9,11-13,16H,4,7-8H2,1-2H3/t9-,11+,12+,13-,16-/m0/s1. The third kappa shape index (κ3) is 1.32. The molecule has 0 aromatic heterocycles. The largest absolute Gasteiger partial charge is 0.295 e. The number of ketones is 2. The number of rotatable bonds is 0. The summed E-state index contributed by atoms with van der Waals surface area (Å²) < 4.78 is 0. The van der Waals surface area contributed by atoms with Crippen LogP contribution in [-0.4, -0.2) is 11.6 Å². The fourth-order valence-corrected chi connectivity index (χ4v) is 5.11. The SMILES string of the molecule is CC1(C)[C@H]2C[C@@H]3C(=CC[C@@H]4C(=O)C=CC(=O)[C@@H]43)[C@@H]1C2. The van der Waals surface area contributed by atoms with Gasteiger partial charge in [0.1, 0.15) is 0 Å². The summed E-state index contributed by atoms with van der Waals surface area (Å²) in [5.74, 6) is 2.01. The monoisotopic (exact) mass is 256 g/mol. The summed E-state index contributed by atoms with van der Waals surface area (Å²) in [6, 6.07) is 0. The van der Waals surface area contributed by atoms with Gasteiger partial charge in [-0.25, -0.2) is 0 Å². The number of carbonyl (C=O) groups excluding carboxylic acids is 2. The number of fused-ring (bicyclic) bond motifs is 1. The van der Waals surface area contributed by atoms with E-state index < -0.39 is 0 Å². The molecule has 0 aliphatic heterocycles. The molecule has 100 valence electrons. The van der Waals surface area contributed by atoms with Crippen LogP contribution in [0.4, 0.5) is 0 Å². The summed E-state index contributed by atoms with van der Waals surface area (Å²) in [4.78, 5) is 24.2. The molecule has 0 aromatic rings. The summed E-state index contributed by atoms with van der Waals surface area (Å²) in [6.07, 6.45) is 8.52. The van der Waals surface area contributed by atoms with Crippen LogP contribution in [0.15, 0.2) is 23.8 Å². The van der Waals surface area contributed by atoms with Crippen molar-refractivity contribution in [2.45, 2.75) is 33.1 Å². The van der Waals surface area contributed by atoms with Crippen LogP contribution < -0.4 is 0 Å². The van der Waals surface area contributed by atoms with Crippen LogP contribution in [-0.2, 0) is 9.59 Å². The van der Waals surface area contributed by atoms with Gasteiger partial charge in [-0.05, 0) is 54.6 Å². The minimum Gasteiger partial charge on any atom is -0.295 e. The fraction of sp³-hybridized carbons (Fsp3) is 0.647. The van der Waals surface area contributed by atoms with Crippen LogP contribution in [0.3, 0.4) is 0 Å². The van der Waals surface area contributed by atoms with Crippen LogP contribution in [0.1, 0.15) is 33.1 Å². The first-order valence-corrected chi connectivity index (χ1v) is 7.46. The third-order valence-electron chi connectivity index (χ3n) is 6.42. The van der Waals surface area contributed by atoms with Crippen LogP contribution in [0.5, 0.6) is 0 Å². The molecule has 0 radical (unpaired) electrons. The zero-order valence-corrected chi connectivity index (χ0v) is 11.6. The summed E-state index contributed by atoms with van der Waals surface area (Å²) >= 11 is 0. The van der Waals surface area contributed by atoms with Gasteiger partial charge in [-0.1, -0.05) is 25.5 Å². The minimum absolute atomic E-state index is 0.0427. The maximum atomic E-state index is 12.2. The highest BCUT2D eigenvalue weighted by atomic mass is 16.1. The molecule has 0 amide bonds. The van der Waals surface area contributed by atoms with Gasteiger partial charge >= 0.3 is 0 Å². The quantitative estimate of drug-likeness (QED) is 0.624. The second-order valence-electron chi connectivity index (χ2n) is 7.36. The van der Waals surface area contributed by atoms with Crippen LogP contribution in [0.25, 0.3) is 0 Å². The van der Waals surface area contributed by atoms with E-state index in [9.17, 15) is 9.59 Å². The zero-order valence-electron chi connectivity index (χ0n) is 11.6. The molecule has 0 saturated heterocycles. The molecule has 5 rings (SSSR count). The molecule has 3 fully saturated rings. The molecule has 0 aromatic carbocycles. The van der Waals surface area contributed by atoms with E-state index in [1.807, 2.05) is 0 Å². The van der Waals surface area contributed by atoms with E-state index in [0.29, 0.717) is 17.3 Å². The average Bonchev–Trinajstić information content (AvgIpc) is 2.41. The van der Waals surface area contributed by atoms with Gasteiger partial charge in [0.05, 0.1) is 0 Å². The van der Waals surface area contributed by atoms with Gasteiger partial charge in [0, 0.05) is 11.8 Å². The lowest BCUT2D eigenvalue weighted by Crippen LogP contribution is -2.56. The van der Waals surface area contributed by atoms with Gasteiger partial charge in [-0.15, -0.1) is 0 Å². The lowest BCUT2D eigenvalue weighted by atomic mass is 9.42. The third-order valence-corrected chi connectivity index (χ3v) is 6.42. The van der Waals surface area contributed by atoms with Gasteiger partial charge < -0.3 is 0 Å². The molecule has 0 unspecified atom stereocenters. The van der Waals surface area contributed by atoms with E-state index in [0.717, 1.165) is 18.8 Å². The molecule has 5 aliphatic rings. The first kappa shape index (κ1) is 11.6. The normalized spacial score (nSPS) is 46.0. The minimum atomic E-state index is -0.0631. The summed E-state index contributed by atoms with van der Waals surface area (Å²) in [6.45, 7) is 4.73. The van der Waals surface area contributed by atoms with Crippen LogP contribution in [0, 0.1) is 35.0 Å². The van der Waals surface area contributed by atoms with Crippen molar-refractivity contribution < 1.29 is 9.59 Å². The van der Waals surface area contributed by atoms with Crippen molar-refractivity contribution in [3.05, 3.63) is 23.8 Å². The molecular weight excluding hydrogens is 236 g/mol. The predicted octanol–water partition coefficient (Wildman–Crippen LogP) is 2.94. The van der Waals surface area contributed by atoms with Crippen molar-refractivity contribution in [2.75, 3.05) is 0 Å². The Balaban J connectivity index is 1.75. The van der Waals surface area contributed by atoms with E-state index >= 15 is 0 Å². The first-order valence-electron chi connectivity index (χ1n) is 7.46. The highest BCUT2D eigenvalue weighted by Gasteiger charge is 2.59. The lowest BCUT2D eigenvalue weighted by molar-refractivity contribution is -0.135. The number of carbonyl (C=O) groups is 2. The van der Waals surface area contributed by atoms with Crippen molar-refractivity contribution in [1.82, 2.24) is 0 Å². The molecule has 0 heterocycles. The van der Waals surface area contributed by atoms with Gasteiger partial charge in [0.25, 0.3) is 0 Å². The zero-order chi connectivity index (χ0) is 13.4. The number of allylic oxidation sites excluding steroid dienone is 4. The predicted molar refractivity (Wildman–Crippen MR) is 72.3 cm³/mol. The van der Waals surface area contributed by atoms with E-state index in [1.54, 1.807) is 0 Å². The van der Waals surface area contributed by atoms with Gasteiger partial charge in [0.15, 0.2) is 11.6 Å². The Morgan fingerprint density at radius 2 is 1.79 bits per heavy atom. The van der Waals surface area contributed by atoms with E-state index in [2.05, 4.69) is 19.9 Å². The summed E-state index contributed by atoms with van der Waals surface area (Å²) in [7, 11) is 0. The number of hydrogen-bond acceptors (Lipinski definition) is 2. The highest BCUT2D eigenvalue weighted by molar-refractivity contribution is 6.07.